The van der Waals surface area contributed by atoms with E-state index < -0.39 is 11.8 Å². The molecular weight excluding hydrogens is 330 g/mol. The first-order valence-corrected chi connectivity index (χ1v) is 8.81. The van der Waals surface area contributed by atoms with Gasteiger partial charge in [0.1, 0.15) is 5.75 Å². The van der Waals surface area contributed by atoms with Gasteiger partial charge in [-0.15, -0.1) is 0 Å². The molecule has 1 N–H and O–H groups in total. The van der Waals surface area contributed by atoms with Gasteiger partial charge in [0.15, 0.2) is 5.78 Å². The fourth-order valence-electron chi connectivity index (χ4n) is 2.78. The van der Waals surface area contributed by atoms with Crippen molar-refractivity contribution in [3.05, 3.63) is 59.2 Å². The molecule has 0 spiro atoms. The van der Waals surface area contributed by atoms with Gasteiger partial charge in [-0.05, 0) is 45.9 Å². The largest absolute Gasteiger partial charge is 0.507 e. The minimum Gasteiger partial charge on any atom is -0.507 e. The second-order valence-electron chi connectivity index (χ2n) is 6.20. The zero-order chi connectivity index (χ0) is 19.3. The summed E-state index contributed by atoms with van der Waals surface area (Å²) >= 11 is 0. The second-order valence-corrected chi connectivity index (χ2v) is 6.20. The van der Waals surface area contributed by atoms with Crippen molar-refractivity contribution in [1.82, 2.24) is 0 Å². The van der Waals surface area contributed by atoms with Crippen LogP contribution in [0.25, 0.3) is 0 Å². The maximum atomic E-state index is 12.9. The van der Waals surface area contributed by atoms with E-state index in [9.17, 15) is 14.7 Å². The summed E-state index contributed by atoms with van der Waals surface area (Å²) < 4.78 is 5.21. The minimum atomic E-state index is -0.553. The number of ketones is 1. The molecule has 5 heteroatoms. The van der Waals surface area contributed by atoms with Crippen molar-refractivity contribution in [2.75, 3.05) is 18.0 Å². The van der Waals surface area contributed by atoms with E-state index in [4.69, 9.17) is 4.74 Å². The van der Waals surface area contributed by atoms with Crippen LogP contribution in [0.3, 0.4) is 0 Å². The highest BCUT2D eigenvalue weighted by atomic mass is 16.5. The van der Waals surface area contributed by atoms with Gasteiger partial charge >= 0.3 is 5.97 Å². The van der Waals surface area contributed by atoms with Crippen LogP contribution in [-0.2, 0) is 4.74 Å². The van der Waals surface area contributed by atoms with Crippen molar-refractivity contribution >= 4 is 17.4 Å². The lowest BCUT2D eigenvalue weighted by atomic mass is 9.97. The number of nitrogens with zero attached hydrogens (tertiary/aromatic N) is 1. The number of phenols is 1. The molecule has 2 rings (SSSR count). The molecule has 26 heavy (non-hydrogen) atoms. The predicted octanol–water partition coefficient (Wildman–Crippen LogP) is 4.03. The molecule has 2 aromatic rings. The van der Waals surface area contributed by atoms with Crippen molar-refractivity contribution < 1.29 is 19.4 Å². The Labute approximate surface area is 154 Å². The summed E-state index contributed by atoms with van der Waals surface area (Å²) in [4.78, 5) is 27.3. The van der Waals surface area contributed by atoms with Crippen molar-refractivity contribution in [1.29, 1.82) is 0 Å². The highest BCUT2D eigenvalue weighted by molar-refractivity contribution is 6.15. The number of esters is 1. The molecule has 0 saturated heterocycles. The summed E-state index contributed by atoms with van der Waals surface area (Å²) in [5.41, 5.74) is 1.41. The van der Waals surface area contributed by atoms with Crippen LogP contribution in [0.4, 0.5) is 5.69 Å². The molecule has 0 radical (unpaired) electrons. The number of benzene rings is 2. The summed E-state index contributed by atoms with van der Waals surface area (Å²) in [5.74, 6) is -1.07. The van der Waals surface area contributed by atoms with Gasteiger partial charge in [-0.1, -0.05) is 18.2 Å². The lowest BCUT2D eigenvalue weighted by Gasteiger charge is -2.21. The van der Waals surface area contributed by atoms with E-state index in [-0.39, 0.29) is 28.5 Å². The van der Waals surface area contributed by atoms with E-state index in [1.807, 2.05) is 13.8 Å². The smallest absolute Gasteiger partial charge is 0.339 e. The van der Waals surface area contributed by atoms with E-state index in [1.54, 1.807) is 56.3 Å². The molecule has 0 heterocycles. The number of ether oxygens (including phenoxy) is 1. The Morgan fingerprint density at radius 1 is 1.00 bits per heavy atom. The molecule has 0 aliphatic rings. The lowest BCUT2D eigenvalue weighted by Crippen LogP contribution is -2.21. The maximum absolute atomic E-state index is 12.9. The first-order chi connectivity index (χ1) is 12.4. The van der Waals surface area contributed by atoms with Gasteiger partial charge < -0.3 is 14.7 Å². The van der Waals surface area contributed by atoms with Crippen LogP contribution in [0.15, 0.2) is 42.5 Å². The molecule has 0 bridgehead atoms. The summed E-state index contributed by atoms with van der Waals surface area (Å²) in [6.45, 7) is 9.15. The monoisotopic (exact) mass is 355 g/mol. The quantitative estimate of drug-likeness (QED) is 0.600. The highest BCUT2D eigenvalue weighted by Gasteiger charge is 2.22. The predicted molar refractivity (Wildman–Crippen MR) is 102 cm³/mol. The Balaban J connectivity index is 2.40. The molecule has 0 fully saturated rings. The Morgan fingerprint density at radius 2 is 1.62 bits per heavy atom. The van der Waals surface area contributed by atoms with Crippen LogP contribution >= 0.6 is 0 Å². The third kappa shape index (κ3) is 4.23. The second kappa shape index (κ2) is 8.52. The van der Waals surface area contributed by atoms with Gasteiger partial charge in [0.2, 0.25) is 0 Å². The van der Waals surface area contributed by atoms with Gasteiger partial charge in [0.05, 0.1) is 17.2 Å². The van der Waals surface area contributed by atoms with E-state index >= 15 is 0 Å². The lowest BCUT2D eigenvalue weighted by molar-refractivity contribution is 0.0375. The Kier molecular flexibility index (Phi) is 6.39. The first kappa shape index (κ1) is 19.5. The van der Waals surface area contributed by atoms with Crippen molar-refractivity contribution in [3.63, 3.8) is 0 Å². The van der Waals surface area contributed by atoms with Crippen LogP contribution in [0.5, 0.6) is 5.75 Å². The van der Waals surface area contributed by atoms with Crippen LogP contribution < -0.4 is 4.90 Å². The van der Waals surface area contributed by atoms with Crippen molar-refractivity contribution in [3.8, 4) is 5.75 Å². The number of carbonyl (C=O) groups excluding carboxylic acids is 2. The molecule has 0 saturated carbocycles. The average molecular weight is 355 g/mol. The van der Waals surface area contributed by atoms with Crippen molar-refractivity contribution in [2.45, 2.75) is 33.8 Å². The van der Waals surface area contributed by atoms with Crippen LogP contribution in [-0.4, -0.2) is 36.1 Å². The number of hydrogen-bond donors (Lipinski definition) is 1. The standard InChI is InChI=1S/C21H25NO4/c1-5-22(6-2)15-11-12-18(19(23)13-15)20(24)16-9-7-8-10-17(16)21(25)26-14(3)4/h7-14,23H,5-6H2,1-4H3. The summed E-state index contributed by atoms with van der Waals surface area (Å²) in [7, 11) is 0. The molecule has 138 valence electrons. The summed E-state index contributed by atoms with van der Waals surface area (Å²) in [5, 5.41) is 10.4. The summed E-state index contributed by atoms with van der Waals surface area (Å²) in [6.07, 6.45) is -0.285. The minimum absolute atomic E-state index is 0.105. The molecular formula is C21H25NO4. The topological polar surface area (TPSA) is 66.8 Å². The third-order valence-electron chi connectivity index (χ3n) is 4.09. The Morgan fingerprint density at radius 3 is 2.15 bits per heavy atom. The molecule has 0 atom stereocenters. The molecule has 0 aliphatic carbocycles. The maximum Gasteiger partial charge on any atom is 0.339 e. The van der Waals surface area contributed by atoms with E-state index in [2.05, 4.69) is 4.90 Å². The molecule has 0 unspecified atom stereocenters. The highest BCUT2D eigenvalue weighted by Crippen LogP contribution is 2.28. The van der Waals surface area contributed by atoms with Gasteiger partial charge in [-0.25, -0.2) is 4.79 Å². The SMILES string of the molecule is CCN(CC)c1ccc(C(=O)c2ccccc2C(=O)OC(C)C)c(O)c1. The molecule has 0 aromatic heterocycles. The number of anilines is 1. The van der Waals surface area contributed by atoms with Gasteiger partial charge in [-0.3, -0.25) is 4.79 Å². The first-order valence-electron chi connectivity index (χ1n) is 8.81. The number of hydrogen-bond acceptors (Lipinski definition) is 5. The Bertz CT molecular complexity index is 794. The summed E-state index contributed by atoms with van der Waals surface area (Å²) in [6, 6.07) is 11.5. The van der Waals surface area contributed by atoms with E-state index in [0.29, 0.717) is 0 Å². The number of aromatic hydroxyl groups is 1. The molecule has 5 nitrogen and oxygen atoms in total. The Hall–Kier alpha value is -2.82. The van der Waals surface area contributed by atoms with Gasteiger partial charge in [-0.2, -0.15) is 0 Å². The zero-order valence-corrected chi connectivity index (χ0v) is 15.7. The number of phenolic OH excluding ortho intramolecular Hbond substituents is 1. The van der Waals surface area contributed by atoms with E-state index in [0.717, 1.165) is 18.8 Å². The average Bonchev–Trinajstić information content (AvgIpc) is 2.62. The molecule has 2 aromatic carbocycles. The fraction of sp³-hybridized carbons (Fsp3) is 0.333. The number of carbonyl (C=O) groups is 2. The number of rotatable bonds is 7. The van der Waals surface area contributed by atoms with Gasteiger partial charge in [0, 0.05) is 30.4 Å². The zero-order valence-electron chi connectivity index (χ0n) is 15.7. The van der Waals surface area contributed by atoms with Crippen LogP contribution in [0, 0.1) is 0 Å². The molecule has 0 aliphatic heterocycles. The normalized spacial score (nSPS) is 10.7. The van der Waals surface area contributed by atoms with E-state index in [1.165, 1.54) is 0 Å². The molecule has 0 amide bonds. The fourth-order valence-corrected chi connectivity index (χ4v) is 2.78. The van der Waals surface area contributed by atoms with Crippen LogP contribution in [0.2, 0.25) is 0 Å². The third-order valence-corrected chi connectivity index (χ3v) is 4.09. The van der Waals surface area contributed by atoms with Crippen molar-refractivity contribution in [2.24, 2.45) is 0 Å². The van der Waals surface area contributed by atoms with Gasteiger partial charge in [0.25, 0.3) is 0 Å². The van der Waals surface area contributed by atoms with Crippen LogP contribution in [0.1, 0.15) is 54.0 Å².